The topological polar surface area (TPSA) is 43.1 Å². The van der Waals surface area contributed by atoms with Crippen LogP contribution in [0.25, 0.3) is 0 Å². The van der Waals surface area contributed by atoms with E-state index < -0.39 is 10.8 Å². The molecule has 3 heteroatoms. The molecule has 4 atom stereocenters. The van der Waals surface area contributed by atoms with Gasteiger partial charge in [0.05, 0.1) is 16.0 Å². The van der Waals surface area contributed by atoms with Gasteiger partial charge in [-0.1, -0.05) is 38.0 Å². The predicted molar refractivity (Wildman–Crippen MR) is 81.6 cm³/mol. The fraction of sp³-hybridized carbons (Fsp3) is 0.625. The van der Waals surface area contributed by atoms with Gasteiger partial charge in [-0.15, -0.1) is 0 Å². The maximum atomic E-state index is 12.8. The number of hydrogen-bond donors (Lipinski definition) is 1. The Morgan fingerprint density at radius 3 is 2.74 bits per heavy atom. The second-order valence-electron chi connectivity index (χ2n) is 5.73. The van der Waals surface area contributed by atoms with Gasteiger partial charge in [0, 0.05) is 10.9 Å². The van der Waals surface area contributed by atoms with Crippen LogP contribution in [0.2, 0.25) is 0 Å². The zero-order chi connectivity index (χ0) is 13.8. The molecular formula is C16H25NOS. The molecule has 19 heavy (non-hydrogen) atoms. The lowest BCUT2D eigenvalue weighted by Gasteiger charge is -2.33. The van der Waals surface area contributed by atoms with Crippen LogP contribution in [0.5, 0.6) is 0 Å². The maximum Gasteiger partial charge on any atom is 0.0579 e. The minimum Gasteiger partial charge on any atom is -0.327 e. The van der Waals surface area contributed by atoms with Crippen molar-refractivity contribution in [1.29, 1.82) is 0 Å². The lowest BCUT2D eigenvalue weighted by Crippen LogP contribution is -2.43. The molecule has 0 aliphatic heterocycles. The zero-order valence-corrected chi connectivity index (χ0v) is 12.8. The van der Waals surface area contributed by atoms with Crippen LogP contribution in [-0.4, -0.2) is 15.5 Å². The molecular weight excluding hydrogens is 254 g/mol. The highest BCUT2D eigenvalue weighted by atomic mass is 32.2. The fourth-order valence-electron chi connectivity index (χ4n) is 3.10. The van der Waals surface area contributed by atoms with Crippen LogP contribution in [0.1, 0.15) is 44.6 Å². The Morgan fingerprint density at radius 2 is 2.05 bits per heavy atom. The Balaban J connectivity index is 2.15. The second kappa shape index (κ2) is 6.67. The van der Waals surface area contributed by atoms with E-state index in [1.54, 1.807) is 0 Å². The monoisotopic (exact) mass is 279 g/mol. The van der Waals surface area contributed by atoms with E-state index in [0.717, 1.165) is 23.3 Å². The molecule has 2 nitrogen and oxygen atoms in total. The summed E-state index contributed by atoms with van der Waals surface area (Å²) in [6.45, 7) is 4.26. The van der Waals surface area contributed by atoms with Crippen molar-refractivity contribution in [3.63, 3.8) is 0 Å². The summed E-state index contributed by atoms with van der Waals surface area (Å²) in [6.07, 6.45) is 5.71. The van der Waals surface area contributed by atoms with E-state index in [0.29, 0.717) is 5.92 Å². The number of nitrogens with two attached hydrogens (primary N) is 1. The van der Waals surface area contributed by atoms with Crippen LogP contribution in [0, 0.1) is 12.8 Å². The van der Waals surface area contributed by atoms with E-state index in [1.165, 1.54) is 19.3 Å². The van der Waals surface area contributed by atoms with Gasteiger partial charge in [-0.05, 0) is 43.7 Å². The summed E-state index contributed by atoms with van der Waals surface area (Å²) in [5.41, 5.74) is 7.35. The van der Waals surface area contributed by atoms with Gasteiger partial charge in [0.15, 0.2) is 0 Å². The van der Waals surface area contributed by atoms with E-state index in [2.05, 4.69) is 6.92 Å². The third kappa shape index (κ3) is 3.46. The van der Waals surface area contributed by atoms with Gasteiger partial charge in [-0.3, -0.25) is 4.21 Å². The lowest BCUT2D eigenvalue weighted by atomic mass is 9.83. The number of benzene rings is 1. The van der Waals surface area contributed by atoms with Crippen LogP contribution >= 0.6 is 0 Å². The average Bonchev–Trinajstić information content (AvgIpc) is 2.41. The van der Waals surface area contributed by atoms with E-state index in [9.17, 15) is 4.21 Å². The minimum atomic E-state index is -0.961. The Morgan fingerprint density at radius 1 is 1.32 bits per heavy atom. The van der Waals surface area contributed by atoms with Crippen molar-refractivity contribution in [2.75, 3.05) is 0 Å². The molecule has 0 radical (unpaired) electrons. The Hall–Kier alpha value is -0.670. The summed E-state index contributed by atoms with van der Waals surface area (Å²) in [7, 11) is -0.961. The van der Waals surface area contributed by atoms with Crippen molar-refractivity contribution in [2.45, 2.75) is 62.1 Å². The molecule has 4 unspecified atom stereocenters. The first-order valence-corrected chi connectivity index (χ1v) is 8.56. The predicted octanol–water partition coefficient (Wildman–Crippen LogP) is 3.40. The van der Waals surface area contributed by atoms with Crippen LogP contribution in [-0.2, 0) is 10.8 Å². The summed E-state index contributed by atoms with van der Waals surface area (Å²) in [4.78, 5) is 0.972. The molecule has 1 aliphatic rings. The standard InChI is InChI=1S/C16H25NOS/c1-3-6-13-9-10-14(17)16(11-13)19(18)15-8-5-4-7-12(15)2/h4-5,7-8,13-14,16H,3,6,9-11,17H2,1-2H3. The molecule has 1 fully saturated rings. The molecule has 2 N–H and O–H groups in total. The van der Waals surface area contributed by atoms with Crippen LogP contribution in [0.3, 0.4) is 0 Å². The second-order valence-corrected chi connectivity index (χ2v) is 7.37. The first kappa shape index (κ1) is 14.7. The van der Waals surface area contributed by atoms with Gasteiger partial charge >= 0.3 is 0 Å². The molecule has 1 aliphatic carbocycles. The first-order chi connectivity index (χ1) is 9.13. The molecule has 1 aromatic carbocycles. The third-order valence-electron chi connectivity index (χ3n) is 4.23. The van der Waals surface area contributed by atoms with E-state index in [4.69, 9.17) is 5.73 Å². The minimum absolute atomic E-state index is 0.0912. The molecule has 106 valence electrons. The Bertz CT molecular complexity index is 446. The van der Waals surface area contributed by atoms with Crippen molar-refractivity contribution >= 4 is 10.8 Å². The van der Waals surface area contributed by atoms with Crippen molar-refractivity contribution < 1.29 is 4.21 Å². The quantitative estimate of drug-likeness (QED) is 0.918. The normalized spacial score (nSPS) is 29.1. The van der Waals surface area contributed by atoms with E-state index in [-0.39, 0.29) is 11.3 Å². The van der Waals surface area contributed by atoms with Crippen molar-refractivity contribution in [2.24, 2.45) is 11.7 Å². The van der Waals surface area contributed by atoms with Gasteiger partial charge in [0.1, 0.15) is 0 Å². The number of rotatable bonds is 4. The molecule has 0 amide bonds. The molecule has 0 heterocycles. The van der Waals surface area contributed by atoms with E-state index in [1.807, 2.05) is 31.2 Å². The lowest BCUT2D eigenvalue weighted by molar-refractivity contribution is 0.313. The smallest absolute Gasteiger partial charge is 0.0579 e. The molecule has 2 rings (SSSR count). The summed E-state index contributed by atoms with van der Waals surface area (Å²) in [6, 6.07) is 8.08. The fourth-order valence-corrected chi connectivity index (χ4v) is 4.92. The van der Waals surface area contributed by atoms with Crippen molar-refractivity contribution in [3.05, 3.63) is 29.8 Å². The largest absolute Gasteiger partial charge is 0.327 e. The van der Waals surface area contributed by atoms with Crippen LogP contribution < -0.4 is 5.73 Å². The van der Waals surface area contributed by atoms with Gasteiger partial charge < -0.3 is 5.73 Å². The average molecular weight is 279 g/mol. The van der Waals surface area contributed by atoms with Gasteiger partial charge in [0.2, 0.25) is 0 Å². The van der Waals surface area contributed by atoms with Crippen molar-refractivity contribution in [1.82, 2.24) is 0 Å². The third-order valence-corrected chi connectivity index (χ3v) is 6.22. The number of aryl methyl sites for hydroxylation is 1. The Labute approximate surface area is 119 Å². The summed E-state index contributed by atoms with van der Waals surface area (Å²) < 4.78 is 12.8. The summed E-state index contributed by atoms with van der Waals surface area (Å²) in [5.74, 6) is 0.711. The molecule has 1 saturated carbocycles. The van der Waals surface area contributed by atoms with Gasteiger partial charge in [-0.2, -0.15) is 0 Å². The maximum absolute atomic E-state index is 12.8. The molecule has 1 aromatic rings. The molecule has 0 spiro atoms. The van der Waals surface area contributed by atoms with Gasteiger partial charge in [0.25, 0.3) is 0 Å². The molecule has 0 bridgehead atoms. The van der Waals surface area contributed by atoms with Crippen molar-refractivity contribution in [3.8, 4) is 0 Å². The summed E-state index contributed by atoms with van der Waals surface area (Å²) >= 11 is 0. The van der Waals surface area contributed by atoms with Crippen LogP contribution in [0.4, 0.5) is 0 Å². The van der Waals surface area contributed by atoms with Crippen LogP contribution in [0.15, 0.2) is 29.2 Å². The van der Waals surface area contributed by atoms with Gasteiger partial charge in [-0.25, -0.2) is 0 Å². The zero-order valence-electron chi connectivity index (χ0n) is 12.0. The number of hydrogen-bond acceptors (Lipinski definition) is 2. The summed E-state index contributed by atoms with van der Waals surface area (Å²) in [5, 5.41) is 0.131. The first-order valence-electron chi connectivity index (χ1n) is 7.35. The van der Waals surface area contributed by atoms with E-state index >= 15 is 0 Å². The highest BCUT2D eigenvalue weighted by molar-refractivity contribution is 7.85. The highest BCUT2D eigenvalue weighted by Crippen LogP contribution is 2.32. The molecule has 0 aromatic heterocycles. The highest BCUT2D eigenvalue weighted by Gasteiger charge is 2.32. The Kier molecular flexibility index (Phi) is 5.17. The molecule has 0 saturated heterocycles. The SMILES string of the molecule is CCCC1CCC(N)C(S(=O)c2ccccc2C)C1.